The second-order valence-electron chi connectivity index (χ2n) is 6.67. The third-order valence-corrected chi connectivity index (χ3v) is 4.07. The number of ether oxygens (including phenoxy) is 1. The Balaban J connectivity index is 2.24. The van der Waals surface area contributed by atoms with Crippen molar-refractivity contribution in [2.45, 2.75) is 32.6 Å². The fraction of sp³-hybridized carbons (Fsp3) is 0.207. The van der Waals surface area contributed by atoms with Crippen LogP contribution in [0.1, 0.15) is 38.2 Å². The number of benzene rings is 1. The Morgan fingerprint density at radius 2 is 1.10 bits per heavy atom. The maximum absolute atomic E-state index is 10.1. The molecular weight excluding hydrogens is 380 g/mol. The Labute approximate surface area is 188 Å². The smallest absolute Gasteiger partial charge is 0.142 e. The summed E-state index contributed by atoms with van der Waals surface area (Å²) in [5.41, 5.74) is 1.15. The summed E-state index contributed by atoms with van der Waals surface area (Å²) in [7, 11) is 0. The van der Waals surface area contributed by atoms with E-state index in [1.54, 1.807) is 12.2 Å². The monoisotopic (exact) mass is 414 g/mol. The topological polar surface area (TPSA) is 26.3 Å². The third kappa shape index (κ3) is 16.1. The predicted octanol–water partition coefficient (Wildman–Crippen LogP) is 7.75. The fourth-order valence-electron chi connectivity index (χ4n) is 2.44. The van der Waals surface area contributed by atoms with E-state index in [0.717, 1.165) is 30.6 Å². The molecule has 0 fully saturated rings. The zero-order chi connectivity index (χ0) is 22.2. The molecule has 2 heteroatoms. The van der Waals surface area contributed by atoms with Crippen molar-refractivity contribution in [3.63, 3.8) is 0 Å². The molecule has 0 bridgehead atoms. The van der Waals surface area contributed by atoms with Gasteiger partial charge in [0.25, 0.3) is 0 Å². The van der Waals surface area contributed by atoms with E-state index in [1.165, 1.54) is 25.3 Å². The molecule has 1 aromatic rings. The number of aldehydes is 1. The minimum Gasteiger partial charge on any atom is -0.494 e. The minimum atomic E-state index is 0.753. The van der Waals surface area contributed by atoms with E-state index in [-0.39, 0.29) is 0 Å². The van der Waals surface area contributed by atoms with Crippen LogP contribution in [0.3, 0.4) is 0 Å². The molecule has 1 rings (SSSR count). The first-order valence-corrected chi connectivity index (χ1v) is 10.9. The average molecular weight is 415 g/mol. The van der Waals surface area contributed by atoms with Crippen LogP contribution in [0.15, 0.2) is 115 Å². The van der Waals surface area contributed by atoms with Crippen molar-refractivity contribution in [1.29, 1.82) is 0 Å². The first-order valence-electron chi connectivity index (χ1n) is 10.9. The number of hydrogen-bond donors (Lipinski definition) is 0. The maximum atomic E-state index is 10.1. The Morgan fingerprint density at radius 1 is 0.613 bits per heavy atom. The summed E-state index contributed by atoms with van der Waals surface area (Å²) < 4.78 is 5.76. The molecule has 1 aromatic carbocycles. The molecule has 31 heavy (non-hydrogen) atoms. The van der Waals surface area contributed by atoms with Crippen LogP contribution >= 0.6 is 0 Å². The van der Waals surface area contributed by atoms with Gasteiger partial charge >= 0.3 is 0 Å². The van der Waals surface area contributed by atoms with Crippen molar-refractivity contribution >= 4 is 12.4 Å². The molecule has 0 amide bonds. The fourth-order valence-corrected chi connectivity index (χ4v) is 2.44. The van der Waals surface area contributed by atoms with Crippen molar-refractivity contribution in [2.75, 3.05) is 6.61 Å². The SMILES string of the molecule is CCCCCCOc1ccc(/C=C/C=C/C=C/C=C/C=C/C=C/C=C/C=C/C=O)cc1. The van der Waals surface area contributed by atoms with E-state index in [4.69, 9.17) is 4.74 Å². The van der Waals surface area contributed by atoms with Crippen molar-refractivity contribution < 1.29 is 9.53 Å². The van der Waals surface area contributed by atoms with Crippen LogP contribution < -0.4 is 4.74 Å². The molecule has 0 saturated heterocycles. The van der Waals surface area contributed by atoms with Gasteiger partial charge in [-0.1, -0.05) is 129 Å². The Hall–Kier alpha value is -3.39. The number of allylic oxidation sites excluding steroid dienone is 15. The Morgan fingerprint density at radius 3 is 1.58 bits per heavy atom. The molecule has 0 aliphatic rings. The molecule has 0 unspecified atom stereocenters. The lowest BCUT2D eigenvalue weighted by Gasteiger charge is -2.05. The molecular formula is C29H34O2. The first-order chi connectivity index (χ1) is 15.4. The van der Waals surface area contributed by atoms with Gasteiger partial charge in [0.1, 0.15) is 12.0 Å². The van der Waals surface area contributed by atoms with Gasteiger partial charge in [-0.25, -0.2) is 0 Å². The predicted molar refractivity (Wildman–Crippen MR) is 135 cm³/mol. The molecule has 162 valence electrons. The summed E-state index contributed by atoms with van der Waals surface area (Å²) in [5.74, 6) is 0.937. The lowest BCUT2D eigenvalue weighted by atomic mass is 10.2. The quantitative estimate of drug-likeness (QED) is 0.127. The molecule has 0 aliphatic carbocycles. The van der Waals surface area contributed by atoms with E-state index in [2.05, 4.69) is 25.1 Å². The molecule has 0 spiro atoms. The number of unbranched alkanes of at least 4 members (excludes halogenated alkanes) is 3. The summed E-state index contributed by atoms with van der Waals surface area (Å²) in [4.78, 5) is 10.1. The second-order valence-corrected chi connectivity index (χ2v) is 6.67. The van der Waals surface area contributed by atoms with E-state index in [9.17, 15) is 4.79 Å². The van der Waals surface area contributed by atoms with Gasteiger partial charge in [-0.05, 0) is 30.2 Å². The normalized spacial score (nSPS) is 13.1. The first kappa shape index (κ1) is 25.6. The minimum absolute atomic E-state index is 0.753. The second kappa shape index (κ2) is 19.9. The highest BCUT2D eigenvalue weighted by Gasteiger charge is 1.93. The molecule has 0 radical (unpaired) electrons. The largest absolute Gasteiger partial charge is 0.494 e. The van der Waals surface area contributed by atoms with Crippen LogP contribution in [-0.2, 0) is 4.79 Å². The van der Waals surface area contributed by atoms with Crippen molar-refractivity contribution in [3.05, 3.63) is 121 Å². The molecule has 0 N–H and O–H groups in total. The summed E-state index contributed by atoms with van der Waals surface area (Å²) >= 11 is 0. The average Bonchev–Trinajstić information content (AvgIpc) is 2.79. The van der Waals surface area contributed by atoms with Crippen LogP contribution in [0.25, 0.3) is 6.08 Å². The summed E-state index contributed by atoms with van der Waals surface area (Å²) in [6.07, 6.45) is 36.2. The standard InChI is InChI=1S/C29H34O2/c1-2-3-4-20-27-31-29-24-22-28(23-25-29)21-18-16-14-12-10-8-6-5-7-9-11-13-15-17-19-26-30/h5-19,21-26H,2-4,20,27H2,1H3/b7-5+,8-6+,11-9+,12-10+,15-13+,16-14+,19-17+,21-18+. The number of hydrogen-bond acceptors (Lipinski definition) is 2. The highest BCUT2D eigenvalue weighted by molar-refractivity contribution is 5.65. The highest BCUT2D eigenvalue weighted by Crippen LogP contribution is 2.14. The van der Waals surface area contributed by atoms with E-state index < -0.39 is 0 Å². The molecule has 0 saturated carbocycles. The zero-order valence-corrected chi connectivity index (χ0v) is 18.5. The third-order valence-electron chi connectivity index (χ3n) is 4.07. The maximum Gasteiger partial charge on any atom is 0.142 e. The van der Waals surface area contributed by atoms with Crippen LogP contribution in [0, 0.1) is 0 Å². The van der Waals surface area contributed by atoms with Gasteiger partial charge in [0.15, 0.2) is 0 Å². The van der Waals surface area contributed by atoms with E-state index >= 15 is 0 Å². The van der Waals surface area contributed by atoms with Gasteiger partial charge in [0, 0.05) is 0 Å². The molecule has 0 heterocycles. The molecule has 0 atom stereocenters. The van der Waals surface area contributed by atoms with Gasteiger partial charge in [-0.3, -0.25) is 4.79 Å². The van der Waals surface area contributed by atoms with Crippen molar-refractivity contribution in [2.24, 2.45) is 0 Å². The van der Waals surface area contributed by atoms with Crippen molar-refractivity contribution in [3.8, 4) is 5.75 Å². The Kier molecular flexibility index (Phi) is 16.5. The van der Waals surface area contributed by atoms with E-state index in [0.29, 0.717) is 0 Å². The number of rotatable bonds is 15. The summed E-state index contributed by atoms with van der Waals surface area (Å²) in [6, 6.07) is 8.20. The molecule has 2 nitrogen and oxygen atoms in total. The van der Waals surface area contributed by atoms with Gasteiger partial charge in [-0.15, -0.1) is 0 Å². The number of carbonyl (C=O) groups is 1. The van der Waals surface area contributed by atoms with Crippen LogP contribution in [-0.4, -0.2) is 12.9 Å². The zero-order valence-electron chi connectivity index (χ0n) is 18.5. The number of carbonyl (C=O) groups excluding carboxylic acids is 1. The lowest BCUT2D eigenvalue weighted by molar-refractivity contribution is -0.104. The van der Waals surface area contributed by atoms with Crippen LogP contribution in [0.2, 0.25) is 0 Å². The Bertz CT molecular complexity index is 813. The van der Waals surface area contributed by atoms with Gasteiger partial charge in [0.2, 0.25) is 0 Å². The van der Waals surface area contributed by atoms with Crippen LogP contribution in [0.5, 0.6) is 5.75 Å². The van der Waals surface area contributed by atoms with Crippen LogP contribution in [0.4, 0.5) is 0 Å². The highest BCUT2D eigenvalue weighted by atomic mass is 16.5. The summed E-state index contributed by atoms with van der Waals surface area (Å²) in [6.45, 7) is 3.01. The van der Waals surface area contributed by atoms with E-state index in [1.807, 2.05) is 85.0 Å². The summed E-state index contributed by atoms with van der Waals surface area (Å²) in [5, 5.41) is 0. The van der Waals surface area contributed by atoms with Gasteiger partial charge in [0.05, 0.1) is 6.61 Å². The van der Waals surface area contributed by atoms with Crippen molar-refractivity contribution in [1.82, 2.24) is 0 Å². The van der Waals surface area contributed by atoms with Gasteiger partial charge < -0.3 is 4.74 Å². The molecule has 0 aliphatic heterocycles. The lowest BCUT2D eigenvalue weighted by Crippen LogP contribution is -1.96. The van der Waals surface area contributed by atoms with Gasteiger partial charge in [-0.2, -0.15) is 0 Å². The molecule has 0 aromatic heterocycles.